The molecule has 3 fully saturated rings. The summed E-state index contributed by atoms with van der Waals surface area (Å²) >= 11 is 0. The Morgan fingerprint density at radius 3 is 2.53 bits per heavy atom. The molecule has 2 saturated carbocycles. The molecule has 0 spiro atoms. The lowest BCUT2D eigenvalue weighted by Crippen LogP contribution is -2.67. The highest BCUT2D eigenvalue weighted by molar-refractivity contribution is 6.03. The molecule has 34 heavy (non-hydrogen) atoms. The van der Waals surface area contributed by atoms with Crippen LogP contribution in [0.2, 0.25) is 0 Å². The van der Waals surface area contributed by atoms with Gasteiger partial charge in [0.15, 0.2) is 0 Å². The van der Waals surface area contributed by atoms with Crippen LogP contribution in [0.3, 0.4) is 0 Å². The van der Waals surface area contributed by atoms with E-state index in [0.717, 1.165) is 37.8 Å². The van der Waals surface area contributed by atoms with Crippen LogP contribution >= 0.6 is 0 Å². The molecule has 0 aromatic carbocycles. The first-order valence-corrected chi connectivity index (χ1v) is 12.7. The van der Waals surface area contributed by atoms with Gasteiger partial charge in [-0.3, -0.25) is 19.5 Å². The van der Waals surface area contributed by atoms with Crippen LogP contribution < -0.4 is 0 Å². The number of hydrogen-bond donors (Lipinski definition) is 0. The van der Waals surface area contributed by atoms with Crippen molar-refractivity contribution in [3.63, 3.8) is 0 Å². The van der Waals surface area contributed by atoms with Crippen molar-refractivity contribution in [1.82, 2.24) is 4.90 Å². The van der Waals surface area contributed by atoms with Gasteiger partial charge in [0.25, 0.3) is 0 Å². The predicted molar refractivity (Wildman–Crippen MR) is 135 cm³/mol. The van der Waals surface area contributed by atoms with E-state index in [-0.39, 0.29) is 46.3 Å². The highest BCUT2D eigenvalue weighted by Crippen LogP contribution is 2.67. The Labute approximate surface area is 203 Å². The van der Waals surface area contributed by atoms with Gasteiger partial charge in [-0.05, 0) is 49.5 Å². The van der Waals surface area contributed by atoms with Crippen LogP contribution in [0.25, 0.3) is 0 Å². The van der Waals surface area contributed by atoms with Gasteiger partial charge in [0.2, 0.25) is 11.8 Å². The number of carbonyl (C=O) groups is 2. The second-order valence-corrected chi connectivity index (χ2v) is 10.7. The molecule has 0 aromatic heterocycles. The van der Waals surface area contributed by atoms with Gasteiger partial charge in [0, 0.05) is 53.8 Å². The van der Waals surface area contributed by atoms with Crippen molar-refractivity contribution < 1.29 is 9.59 Å². The lowest BCUT2D eigenvalue weighted by atomic mass is 9.40. The van der Waals surface area contributed by atoms with Gasteiger partial charge < -0.3 is 0 Å². The van der Waals surface area contributed by atoms with Crippen molar-refractivity contribution in [3.05, 3.63) is 60.5 Å². The van der Waals surface area contributed by atoms with E-state index in [9.17, 15) is 9.59 Å². The Balaban J connectivity index is 1.48. The molecule has 0 bridgehead atoms. The van der Waals surface area contributed by atoms with Crippen molar-refractivity contribution in [3.8, 4) is 11.8 Å². The van der Waals surface area contributed by atoms with Crippen LogP contribution in [0.4, 0.5) is 0 Å². The smallest absolute Gasteiger partial charge is 0.237 e. The summed E-state index contributed by atoms with van der Waals surface area (Å²) in [5.74, 6) is 7.04. The molecule has 2 amide bonds. The topological polar surface area (TPSA) is 49.7 Å². The fourth-order valence-electron chi connectivity index (χ4n) is 7.38. The summed E-state index contributed by atoms with van der Waals surface area (Å²) < 4.78 is 0. The molecule has 1 saturated heterocycles. The van der Waals surface area contributed by atoms with Gasteiger partial charge in [-0.25, -0.2) is 0 Å². The average molecular weight is 455 g/mol. The van der Waals surface area contributed by atoms with Gasteiger partial charge >= 0.3 is 0 Å². The summed E-state index contributed by atoms with van der Waals surface area (Å²) in [4.78, 5) is 33.6. The SMILES string of the molecule is CC=N/C=C\C#CC1CCC2C(=O)N(C3=CC4C=CC=C[C@@H]4C=C3)C(=O)C3CCCC1(C)C32C. The van der Waals surface area contributed by atoms with E-state index in [4.69, 9.17) is 0 Å². The molecule has 1 heterocycles. The Morgan fingerprint density at radius 2 is 1.76 bits per heavy atom. The second kappa shape index (κ2) is 8.69. The van der Waals surface area contributed by atoms with E-state index in [1.54, 1.807) is 23.4 Å². The summed E-state index contributed by atoms with van der Waals surface area (Å²) in [6.07, 6.45) is 24.4. The molecule has 4 aliphatic carbocycles. The first-order valence-electron chi connectivity index (χ1n) is 12.7. The lowest BCUT2D eigenvalue weighted by molar-refractivity contribution is -0.194. The van der Waals surface area contributed by atoms with E-state index in [1.165, 1.54) is 0 Å². The second-order valence-electron chi connectivity index (χ2n) is 10.7. The molecule has 5 aliphatic rings. The number of allylic oxidation sites excluding steroid dienone is 8. The Hall–Kier alpha value is -2.93. The monoisotopic (exact) mass is 454 g/mol. The van der Waals surface area contributed by atoms with E-state index in [0.29, 0.717) is 5.92 Å². The molecule has 4 nitrogen and oxygen atoms in total. The molecule has 1 aliphatic heterocycles. The van der Waals surface area contributed by atoms with Gasteiger partial charge in [0.05, 0.1) is 0 Å². The third kappa shape index (κ3) is 3.32. The summed E-state index contributed by atoms with van der Waals surface area (Å²) in [7, 11) is 0. The Bertz CT molecular complexity index is 1110. The van der Waals surface area contributed by atoms with Gasteiger partial charge in [0.1, 0.15) is 0 Å². The highest BCUT2D eigenvalue weighted by atomic mass is 16.2. The van der Waals surface area contributed by atoms with Crippen molar-refractivity contribution in [2.75, 3.05) is 0 Å². The largest absolute Gasteiger partial charge is 0.274 e. The molecular formula is C30H34N2O2. The number of hydrogen-bond acceptors (Lipinski definition) is 3. The van der Waals surface area contributed by atoms with E-state index in [1.807, 2.05) is 19.1 Å². The first kappa shape index (κ1) is 22.8. The highest BCUT2D eigenvalue weighted by Gasteiger charge is 2.67. The number of nitrogens with zero attached hydrogens (tertiary/aromatic N) is 2. The molecule has 7 atom stereocenters. The van der Waals surface area contributed by atoms with Crippen LogP contribution in [0, 0.1) is 52.3 Å². The van der Waals surface area contributed by atoms with E-state index >= 15 is 0 Å². The minimum atomic E-state index is -0.367. The van der Waals surface area contributed by atoms with E-state index in [2.05, 4.69) is 61.1 Å². The molecule has 0 aromatic rings. The van der Waals surface area contributed by atoms with Gasteiger partial charge in [-0.15, -0.1) is 0 Å². The van der Waals surface area contributed by atoms with Crippen LogP contribution in [0.5, 0.6) is 0 Å². The minimum absolute atomic E-state index is 0.00913. The lowest BCUT2D eigenvalue weighted by Gasteiger charge is -2.64. The number of likely N-dealkylation sites (tertiary alicyclic amines) is 1. The zero-order valence-corrected chi connectivity index (χ0v) is 20.4. The normalized spacial score (nSPS) is 40.7. The van der Waals surface area contributed by atoms with Crippen molar-refractivity contribution >= 4 is 18.0 Å². The summed E-state index contributed by atoms with van der Waals surface area (Å²) in [5.41, 5.74) is 0.228. The maximum absolute atomic E-state index is 14.0. The van der Waals surface area contributed by atoms with Crippen molar-refractivity contribution in [2.45, 2.75) is 52.9 Å². The van der Waals surface area contributed by atoms with Crippen LogP contribution in [-0.4, -0.2) is 22.9 Å². The predicted octanol–water partition coefficient (Wildman–Crippen LogP) is 5.61. The van der Waals surface area contributed by atoms with Crippen LogP contribution in [0.1, 0.15) is 52.9 Å². The van der Waals surface area contributed by atoms with Crippen LogP contribution in [0.15, 0.2) is 65.5 Å². The molecule has 176 valence electrons. The first-order chi connectivity index (χ1) is 16.4. The summed E-state index contributed by atoms with van der Waals surface area (Å²) in [5, 5.41) is 0. The fraction of sp³-hybridized carbons (Fsp3) is 0.500. The molecule has 6 unspecified atom stereocenters. The molecular weight excluding hydrogens is 420 g/mol. The number of rotatable bonds is 2. The quantitative estimate of drug-likeness (QED) is 0.309. The molecule has 0 N–H and O–H groups in total. The number of imide groups is 1. The van der Waals surface area contributed by atoms with Gasteiger partial charge in [-0.2, -0.15) is 0 Å². The molecule has 5 rings (SSSR count). The maximum atomic E-state index is 14.0. The summed E-state index contributed by atoms with van der Waals surface area (Å²) in [6, 6.07) is 0. The zero-order chi connectivity index (χ0) is 23.9. The molecule has 4 heteroatoms. The average Bonchev–Trinajstić information content (AvgIpc) is 2.83. The molecule has 0 radical (unpaired) electrons. The number of piperidine rings is 1. The van der Waals surface area contributed by atoms with Crippen molar-refractivity contribution in [1.29, 1.82) is 0 Å². The fourth-order valence-corrected chi connectivity index (χ4v) is 7.38. The summed E-state index contributed by atoms with van der Waals surface area (Å²) in [6.45, 7) is 6.39. The minimum Gasteiger partial charge on any atom is -0.274 e. The maximum Gasteiger partial charge on any atom is 0.237 e. The van der Waals surface area contributed by atoms with Gasteiger partial charge in [-0.1, -0.05) is 68.6 Å². The third-order valence-corrected chi connectivity index (χ3v) is 9.40. The zero-order valence-electron chi connectivity index (χ0n) is 20.4. The Morgan fingerprint density at radius 1 is 1.03 bits per heavy atom. The van der Waals surface area contributed by atoms with Crippen molar-refractivity contribution in [2.24, 2.45) is 45.4 Å². The Kier molecular flexibility index (Phi) is 5.84. The number of fused-ring (bicyclic) bond motifs is 1. The number of amides is 2. The number of aliphatic imine (C=N–C) groups is 1. The van der Waals surface area contributed by atoms with Crippen LogP contribution in [-0.2, 0) is 9.59 Å². The standard InChI is InChI=1S/C30H34N2O2/c1-4-31-19-8-7-12-23-15-17-26-28(34)32(24-16-14-21-10-5-6-11-22(21)20-24)27(33)25-13-9-18-29(23,2)30(25,26)3/h4-6,8,10-11,14,16,19-23,25-26H,9,13,15,17-18H2,1-3H3/b19-8-,31-4?/t21-,22?,23?,25?,26?,29?,30?/m1/s1. The third-order valence-electron chi connectivity index (χ3n) is 9.40. The number of carbonyl (C=O) groups excluding carboxylic acids is 2. The van der Waals surface area contributed by atoms with E-state index < -0.39 is 0 Å².